The Morgan fingerprint density at radius 2 is 1.34 bits per heavy atom. The van der Waals surface area contributed by atoms with Crippen LogP contribution in [0.1, 0.15) is 22.3 Å². The van der Waals surface area contributed by atoms with Gasteiger partial charge in [0, 0.05) is 5.56 Å². The molecule has 158 valence electrons. The van der Waals surface area contributed by atoms with Gasteiger partial charge < -0.3 is 14.2 Å². The lowest BCUT2D eigenvalue weighted by Gasteiger charge is -2.27. The molecular formula is C19H15F7O3. The highest BCUT2D eigenvalue weighted by Gasteiger charge is 2.40. The monoisotopic (exact) mass is 424 g/mol. The standard InChI is InChI=1S/C19H15F7O3/c20-16-3-1-13(2-4-16)17(28-5-6-29-17)11-27-10-12-7-14(18(21,22)23)9-15(8-12)19(24,25)26/h1-4,7-9H,5-6,10-11H2. The molecule has 1 heterocycles. The number of hydrogen-bond donors (Lipinski definition) is 0. The Bertz CT molecular complexity index is 806. The molecule has 2 aromatic carbocycles. The van der Waals surface area contributed by atoms with Gasteiger partial charge in [-0.2, -0.15) is 26.3 Å². The first-order chi connectivity index (χ1) is 13.5. The second-order valence-corrected chi connectivity index (χ2v) is 6.36. The Morgan fingerprint density at radius 1 is 0.828 bits per heavy atom. The van der Waals surface area contributed by atoms with Crippen LogP contribution in [0.5, 0.6) is 0 Å². The summed E-state index contributed by atoms with van der Waals surface area (Å²) < 4.78 is 107. The van der Waals surface area contributed by atoms with Crippen molar-refractivity contribution in [1.82, 2.24) is 0 Å². The molecule has 3 rings (SSSR count). The van der Waals surface area contributed by atoms with Crippen LogP contribution in [-0.4, -0.2) is 19.8 Å². The maximum absolute atomic E-state index is 13.1. The van der Waals surface area contributed by atoms with Gasteiger partial charge in [0.15, 0.2) is 0 Å². The predicted molar refractivity (Wildman–Crippen MR) is 86.1 cm³/mol. The molecule has 0 aliphatic carbocycles. The first-order valence-electron chi connectivity index (χ1n) is 8.40. The summed E-state index contributed by atoms with van der Waals surface area (Å²) in [5, 5.41) is 0. The van der Waals surface area contributed by atoms with Crippen molar-refractivity contribution in [3.05, 3.63) is 70.5 Å². The van der Waals surface area contributed by atoms with E-state index in [2.05, 4.69) is 0 Å². The third-order valence-corrected chi connectivity index (χ3v) is 4.25. The zero-order valence-electron chi connectivity index (χ0n) is 14.7. The average Bonchev–Trinajstić information content (AvgIpc) is 3.10. The molecule has 29 heavy (non-hydrogen) atoms. The van der Waals surface area contributed by atoms with E-state index in [-0.39, 0.29) is 31.5 Å². The quantitative estimate of drug-likeness (QED) is 0.612. The summed E-state index contributed by atoms with van der Waals surface area (Å²) in [5.41, 5.74) is -2.74. The molecule has 0 spiro atoms. The molecule has 0 aromatic heterocycles. The molecule has 1 saturated heterocycles. The molecule has 10 heteroatoms. The number of alkyl halides is 6. The van der Waals surface area contributed by atoms with Crippen LogP contribution in [-0.2, 0) is 39.0 Å². The topological polar surface area (TPSA) is 27.7 Å². The SMILES string of the molecule is Fc1ccc(C2(COCc3cc(C(F)(F)F)cc(C(F)(F)F)c3)OCCO2)cc1. The number of benzene rings is 2. The maximum atomic E-state index is 13.1. The Hall–Kier alpha value is -2.17. The molecule has 0 saturated carbocycles. The molecule has 2 aromatic rings. The molecule has 0 amide bonds. The van der Waals surface area contributed by atoms with E-state index in [1.54, 1.807) is 0 Å². The largest absolute Gasteiger partial charge is 0.416 e. The summed E-state index contributed by atoms with van der Waals surface area (Å²) in [6.45, 7) is -0.454. The number of ether oxygens (including phenoxy) is 3. The molecule has 0 bridgehead atoms. The van der Waals surface area contributed by atoms with Gasteiger partial charge >= 0.3 is 12.4 Å². The molecule has 3 nitrogen and oxygen atoms in total. The smallest absolute Gasteiger partial charge is 0.371 e. The van der Waals surface area contributed by atoms with Crippen molar-refractivity contribution < 1.29 is 44.9 Å². The summed E-state index contributed by atoms with van der Waals surface area (Å²) >= 11 is 0. The van der Waals surface area contributed by atoms with E-state index in [4.69, 9.17) is 14.2 Å². The van der Waals surface area contributed by atoms with Crippen LogP contribution in [0.4, 0.5) is 30.7 Å². The normalized spacial score (nSPS) is 16.9. The fourth-order valence-corrected chi connectivity index (χ4v) is 2.90. The zero-order chi connectivity index (χ0) is 21.3. The number of rotatable bonds is 5. The van der Waals surface area contributed by atoms with Crippen molar-refractivity contribution in [3.63, 3.8) is 0 Å². The molecule has 0 radical (unpaired) electrons. The Balaban J connectivity index is 1.79. The summed E-state index contributed by atoms with van der Waals surface area (Å²) in [5.74, 6) is -1.91. The van der Waals surface area contributed by atoms with Crippen LogP contribution in [0.3, 0.4) is 0 Å². The van der Waals surface area contributed by atoms with Crippen LogP contribution in [0.15, 0.2) is 42.5 Å². The maximum Gasteiger partial charge on any atom is 0.416 e. The molecular weight excluding hydrogens is 409 g/mol. The van der Waals surface area contributed by atoms with E-state index in [9.17, 15) is 30.7 Å². The van der Waals surface area contributed by atoms with Gasteiger partial charge in [-0.25, -0.2) is 4.39 Å². The van der Waals surface area contributed by atoms with Crippen molar-refractivity contribution in [2.24, 2.45) is 0 Å². The van der Waals surface area contributed by atoms with Gasteiger partial charge in [0.05, 0.1) is 30.9 Å². The molecule has 1 aliphatic heterocycles. The first kappa shape index (κ1) is 21.5. The van der Waals surface area contributed by atoms with Crippen LogP contribution in [0.2, 0.25) is 0 Å². The van der Waals surface area contributed by atoms with E-state index in [0.717, 1.165) is 0 Å². The van der Waals surface area contributed by atoms with Crippen molar-refractivity contribution in [2.45, 2.75) is 24.7 Å². The lowest BCUT2D eigenvalue weighted by atomic mass is 10.0. The highest BCUT2D eigenvalue weighted by atomic mass is 19.4. The fraction of sp³-hybridized carbons (Fsp3) is 0.368. The Labute approximate surface area is 161 Å². The average molecular weight is 424 g/mol. The van der Waals surface area contributed by atoms with Crippen LogP contribution in [0, 0.1) is 5.82 Å². The summed E-state index contributed by atoms with van der Waals surface area (Å²) in [6.07, 6.45) is -9.88. The summed E-state index contributed by atoms with van der Waals surface area (Å²) in [4.78, 5) is 0. The zero-order valence-corrected chi connectivity index (χ0v) is 14.7. The Kier molecular flexibility index (Phi) is 5.88. The van der Waals surface area contributed by atoms with Gasteiger partial charge in [0.25, 0.3) is 0 Å². The van der Waals surface area contributed by atoms with Gasteiger partial charge in [-0.1, -0.05) is 12.1 Å². The van der Waals surface area contributed by atoms with E-state index in [0.29, 0.717) is 17.7 Å². The molecule has 0 unspecified atom stereocenters. The minimum absolute atomic E-state index is 0.0483. The van der Waals surface area contributed by atoms with E-state index in [1.807, 2.05) is 0 Å². The van der Waals surface area contributed by atoms with Gasteiger partial charge in [-0.3, -0.25) is 0 Å². The van der Waals surface area contributed by atoms with Crippen molar-refractivity contribution in [2.75, 3.05) is 19.8 Å². The van der Waals surface area contributed by atoms with E-state index in [1.165, 1.54) is 24.3 Å². The minimum atomic E-state index is -4.94. The predicted octanol–water partition coefficient (Wildman–Crippen LogP) is 5.28. The number of halogens is 7. The lowest BCUT2D eigenvalue weighted by Crippen LogP contribution is -2.33. The van der Waals surface area contributed by atoms with Crippen molar-refractivity contribution in [1.29, 1.82) is 0 Å². The van der Waals surface area contributed by atoms with Gasteiger partial charge in [0.1, 0.15) is 12.4 Å². The van der Waals surface area contributed by atoms with E-state index >= 15 is 0 Å². The minimum Gasteiger partial charge on any atom is -0.371 e. The highest BCUT2D eigenvalue weighted by molar-refractivity contribution is 5.33. The van der Waals surface area contributed by atoms with Crippen molar-refractivity contribution in [3.8, 4) is 0 Å². The van der Waals surface area contributed by atoms with Crippen LogP contribution in [0.25, 0.3) is 0 Å². The highest BCUT2D eigenvalue weighted by Crippen LogP contribution is 2.37. The van der Waals surface area contributed by atoms with E-state index < -0.39 is 41.7 Å². The molecule has 1 aliphatic rings. The van der Waals surface area contributed by atoms with Crippen LogP contribution >= 0.6 is 0 Å². The number of hydrogen-bond acceptors (Lipinski definition) is 3. The second kappa shape index (κ2) is 7.92. The fourth-order valence-electron chi connectivity index (χ4n) is 2.90. The van der Waals surface area contributed by atoms with Crippen LogP contribution < -0.4 is 0 Å². The van der Waals surface area contributed by atoms with Gasteiger partial charge in [-0.05, 0) is 35.9 Å². The first-order valence-corrected chi connectivity index (χ1v) is 8.40. The molecule has 1 fully saturated rings. The Morgan fingerprint density at radius 3 is 1.83 bits per heavy atom. The van der Waals surface area contributed by atoms with Crippen molar-refractivity contribution >= 4 is 0 Å². The summed E-state index contributed by atoms with van der Waals surface area (Å²) in [6, 6.07) is 6.38. The summed E-state index contributed by atoms with van der Waals surface area (Å²) in [7, 11) is 0. The second-order valence-electron chi connectivity index (χ2n) is 6.36. The van der Waals surface area contributed by atoms with Gasteiger partial charge in [0.2, 0.25) is 5.79 Å². The van der Waals surface area contributed by atoms with Gasteiger partial charge in [-0.15, -0.1) is 0 Å². The third kappa shape index (κ3) is 5.06. The third-order valence-electron chi connectivity index (χ3n) is 4.25. The molecule has 0 atom stereocenters. The lowest BCUT2D eigenvalue weighted by molar-refractivity contribution is -0.204. The molecule has 0 N–H and O–H groups in total.